The second-order valence-corrected chi connectivity index (χ2v) is 8.17. The van der Waals surface area contributed by atoms with Crippen LogP contribution in [0.25, 0.3) is 0 Å². The minimum absolute atomic E-state index is 0.503. The quantitative estimate of drug-likeness (QED) is 0.663. The molecule has 5 nitrogen and oxygen atoms in total. The number of likely N-dealkylation sites (tertiary alicyclic amines) is 1. The normalized spacial score (nSPS) is 15.6. The Morgan fingerprint density at radius 2 is 1.86 bits per heavy atom. The lowest BCUT2D eigenvalue weighted by molar-refractivity contribution is 0.204. The predicted molar refractivity (Wildman–Crippen MR) is 115 cm³/mol. The van der Waals surface area contributed by atoms with Crippen LogP contribution in [0.2, 0.25) is 0 Å². The van der Waals surface area contributed by atoms with Crippen molar-refractivity contribution < 1.29 is 4.74 Å². The number of rotatable bonds is 6. The van der Waals surface area contributed by atoms with E-state index in [0.717, 1.165) is 31.1 Å². The van der Waals surface area contributed by atoms with Gasteiger partial charge in [0.15, 0.2) is 0 Å². The zero-order valence-corrected chi connectivity index (χ0v) is 17.6. The fraction of sp³-hybridized carbons (Fsp3) is 0.417. The molecule has 0 radical (unpaired) electrons. The Kier molecular flexibility index (Phi) is 5.95. The summed E-state index contributed by atoms with van der Waals surface area (Å²) >= 11 is 0. The van der Waals surface area contributed by atoms with E-state index in [9.17, 15) is 0 Å². The standard InChI is InChI=1S/C24H30N4O/c1-17-12-20(13-18(2)24(17)29-16-22-6-4-5-9-25-22)15-28-10-7-21(8-11-28)23-14-26-27-19(23)3/h4-6,9,12-14,21H,7-8,10-11,15-16H2,1-3H3,(H,26,27). The number of piperidine rings is 1. The maximum Gasteiger partial charge on any atom is 0.130 e. The first-order valence-corrected chi connectivity index (χ1v) is 10.4. The van der Waals surface area contributed by atoms with Crippen LogP contribution in [0.15, 0.2) is 42.7 Å². The number of pyridine rings is 1. The molecule has 152 valence electrons. The van der Waals surface area contributed by atoms with Crippen molar-refractivity contribution in [1.29, 1.82) is 0 Å². The first kappa shape index (κ1) is 19.6. The van der Waals surface area contributed by atoms with Crippen LogP contribution in [-0.2, 0) is 13.2 Å². The summed E-state index contributed by atoms with van der Waals surface area (Å²) in [6.45, 7) is 10.2. The van der Waals surface area contributed by atoms with Gasteiger partial charge in [-0.1, -0.05) is 18.2 Å². The third-order valence-corrected chi connectivity index (χ3v) is 5.91. The minimum atomic E-state index is 0.503. The van der Waals surface area contributed by atoms with Crippen LogP contribution >= 0.6 is 0 Å². The number of hydrogen-bond donors (Lipinski definition) is 1. The van der Waals surface area contributed by atoms with Gasteiger partial charge in [-0.25, -0.2) is 0 Å². The third-order valence-electron chi connectivity index (χ3n) is 5.91. The van der Waals surface area contributed by atoms with Gasteiger partial charge in [-0.05, 0) is 87.0 Å². The molecule has 0 unspecified atom stereocenters. The Hall–Kier alpha value is -2.66. The van der Waals surface area contributed by atoms with E-state index in [0.29, 0.717) is 12.5 Å². The highest BCUT2D eigenvalue weighted by atomic mass is 16.5. The molecular weight excluding hydrogens is 360 g/mol. The SMILES string of the molecule is Cc1cc(CN2CCC(c3cn[nH]c3C)CC2)cc(C)c1OCc1ccccn1. The molecule has 1 aliphatic rings. The summed E-state index contributed by atoms with van der Waals surface area (Å²) in [5.74, 6) is 1.62. The number of nitrogens with one attached hydrogen (secondary N) is 1. The lowest BCUT2D eigenvalue weighted by atomic mass is 9.89. The van der Waals surface area contributed by atoms with Gasteiger partial charge in [0.2, 0.25) is 0 Å². The fourth-order valence-electron chi connectivity index (χ4n) is 4.42. The van der Waals surface area contributed by atoms with Gasteiger partial charge in [0, 0.05) is 18.4 Å². The monoisotopic (exact) mass is 390 g/mol. The van der Waals surface area contributed by atoms with Crippen molar-refractivity contribution in [3.05, 3.63) is 76.4 Å². The highest BCUT2D eigenvalue weighted by molar-refractivity contribution is 5.43. The van der Waals surface area contributed by atoms with Crippen molar-refractivity contribution in [3.63, 3.8) is 0 Å². The van der Waals surface area contributed by atoms with Gasteiger partial charge in [0.1, 0.15) is 12.4 Å². The molecule has 1 fully saturated rings. The highest BCUT2D eigenvalue weighted by Crippen LogP contribution is 2.31. The number of hydrogen-bond acceptors (Lipinski definition) is 4. The van der Waals surface area contributed by atoms with Gasteiger partial charge in [-0.2, -0.15) is 5.10 Å². The fourth-order valence-corrected chi connectivity index (χ4v) is 4.42. The Morgan fingerprint density at radius 3 is 2.48 bits per heavy atom. The second kappa shape index (κ2) is 8.78. The molecule has 0 amide bonds. The smallest absolute Gasteiger partial charge is 0.130 e. The van der Waals surface area contributed by atoms with Crippen molar-refractivity contribution in [2.75, 3.05) is 13.1 Å². The molecule has 5 heteroatoms. The average molecular weight is 391 g/mol. The average Bonchev–Trinajstić information content (AvgIpc) is 3.15. The van der Waals surface area contributed by atoms with Crippen LogP contribution in [0, 0.1) is 20.8 Å². The molecule has 1 aromatic carbocycles. The Morgan fingerprint density at radius 1 is 1.10 bits per heavy atom. The Balaban J connectivity index is 1.35. The van der Waals surface area contributed by atoms with E-state index in [2.05, 4.69) is 53.0 Å². The molecular formula is C24H30N4O. The van der Waals surface area contributed by atoms with E-state index in [-0.39, 0.29) is 0 Å². The summed E-state index contributed by atoms with van der Waals surface area (Å²) in [5.41, 5.74) is 7.32. The third kappa shape index (κ3) is 4.67. The lowest BCUT2D eigenvalue weighted by Gasteiger charge is -2.32. The molecule has 2 aromatic heterocycles. The number of ether oxygens (including phenoxy) is 1. The topological polar surface area (TPSA) is 54.0 Å². The molecule has 0 atom stereocenters. The minimum Gasteiger partial charge on any atom is -0.487 e. The van der Waals surface area contributed by atoms with Gasteiger partial charge >= 0.3 is 0 Å². The summed E-state index contributed by atoms with van der Waals surface area (Å²) in [6.07, 6.45) is 6.21. The van der Waals surface area contributed by atoms with Crippen LogP contribution in [0.5, 0.6) is 5.75 Å². The van der Waals surface area contributed by atoms with Gasteiger partial charge in [-0.3, -0.25) is 15.0 Å². The first-order chi connectivity index (χ1) is 14.1. The number of aromatic nitrogens is 3. The Labute approximate surface area is 173 Å². The first-order valence-electron chi connectivity index (χ1n) is 10.4. The molecule has 3 aromatic rings. The van der Waals surface area contributed by atoms with E-state index in [1.807, 2.05) is 24.4 Å². The molecule has 4 rings (SSSR count). The van der Waals surface area contributed by atoms with Crippen molar-refractivity contribution in [2.45, 2.75) is 52.7 Å². The van der Waals surface area contributed by atoms with Crippen LogP contribution in [0.1, 0.15) is 52.4 Å². The van der Waals surface area contributed by atoms with Crippen LogP contribution < -0.4 is 4.74 Å². The molecule has 0 bridgehead atoms. The van der Waals surface area contributed by atoms with Crippen molar-refractivity contribution in [1.82, 2.24) is 20.1 Å². The summed E-state index contributed by atoms with van der Waals surface area (Å²) < 4.78 is 6.08. The number of H-pyrrole nitrogens is 1. The molecule has 3 heterocycles. The number of aryl methyl sites for hydroxylation is 3. The maximum absolute atomic E-state index is 6.08. The van der Waals surface area contributed by atoms with Gasteiger partial charge in [0.05, 0.1) is 11.9 Å². The van der Waals surface area contributed by atoms with Gasteiger partial charge < -0.3 is 4.74 Å². The molecule has 1 N–H and O–H groups in total. The van der Waals surface area contributed by atoms with Crippen molar-refractivity contribution >= 4 is 0 Å². The van der Waals surface area contributed by atoms with Crippen molar-refractivity contribution in [2.24, 2.45) is 0 Å². The van der Waals surface area contributed by atoms with Gasteiger partial charge in [0.25, 0.3) is 0 Å². The molecule has 1 aliphatic heterocycles. The van der Waals surface area contributed by atoms with E-state index >= 15 is 0 Å². The summed E-state index contributed by atoms with van der Waals surface area (Å²) in [6, 6.07) is 10.5. The van der Waals surface area contributed by atoms with Crippen LogP contribution in [-0.4, -0.2) is 33.2 Å². The zero-order valence-electron chi connectivity index (χ0n) is 17.6. The summed E-state index contributed by atoms with van der Waals surface area (Å²) in [5, 5.41) is 7.27. The van der Waals surface area contributed by atoms with E-state index in [1.165, 1.54) is 40.8 Å². The largest absolute Gasteiger partial charge is 0.487 e. The van der Waals surface area contributed by atoms with E-state index in [1.54, 1.807) is 6.20 Å². The summed E-state index contributed by atoms with van der Waals surface area (Å²) in [4.78, 5) is 6.90. The number of aromatic amines is 1. The molecule has 0 spiro atoms. The lowest BCUT2D eigenvalue weighted by Crippen LogP contribution is -2.32. The zero-order chi connectivity index (χ0) is 20.2. The van der Waals surface area contributed by atoms with E-state index < -0.39 is 0 Å². The van der Waals surface area contributed by atoms with Crippen LogP contribution in [0.3, 0.4) is 0 Å². The number of nitrogens with zero attached hydrogens (tertiary/aromatic N) is 3. The number of benzene rings is 1. The molecule has 0 saturated carbocycles. The predicted octanol–water partition coefficient (Wildman–Crippen LogP) is 4.69. The van der Waals surface area contributed by atoms with Crippen LogP contribution in [0.4, 0.5) is 0 Å². The van der Waals surface area contributed by atoms with Gasteiger partial charge in [-0.15, -0.1) is 0 Å². The molecule has 1 saturated heterocycles. The molecule has 0 aliphatic carbocycles. The molecule has 29 heavy (non-hydrogen) atoms. The van der Waals surface area contributed by atoms with E-state index in [4.69, 9.17) is 4.74 Å². The highest BCUT2D eigenvalue weighted by Gasteiger charge is 2.23. The summed E-state index contributed by atoms with van der Waals surface area (Å²) in [7, 11) is 0. The Bertz CT molecular complexity index is 920. The van der Waals surface area contributed by atoms with Crippen molar-refractivity contribution in [3.8, 4) is 5.75 Å². The maximum atomic E-state index is 6.08. The second-order valence-electron chi connectivity index (χ2n) is 8.17.